The Morgan fingerprint density at radius 2 is 2.62 bits per heavy atom. The van der Waals surface area contributed by atoms with Crippen LogP contribution in [0.2, 0.25) is 5.32 Å². The fourth-order valence-corrected chi connectivity index (χ4v) is 0.774. The first-order valence-corrected chi connectivity index (χ1v) is 3.95. The van der Waals surface area contributed by atoms with Gasteiger partial charge in [0.25, 0.3) is 0 Å². The molecule has 0 aromatic rings. The van der Waals surface area contributed by atoms with E-state index in [4.69, 9.17) is 12.2 Å². The molecule has 0 aromatic heterocycles. The van der Waals surface area contributed by atoms with Crippen molar-refractivity contribution in [3.05, 3.63) is 0 Å². The fourth-order valence-electron chi connectivity index (χ4n) is 0.149. The number of nitrogens with one attached hydrogen (secondary N) is 1. The average molecular weight is 177 g/mol. The number of carbonyl (C=O) groups excluding carboxylic acids is 1. The molecular weight excluding hydrogens is 171 g/mol. The number of amides is 2. The van der Waals surface area contributed by atoms with E-state index in [-0.39, 0.29) is 15.2 Å². The Labute approximate surface area is 54.4 Å². The SMILES string of the molecule is C#CC[Se]NC(N)=O. The Morgan fingerprint density at radius 3 is 3.00 bits per heavy atom. The molecule has 0 radical (unpaired) electrons. The number of terminal acetylenes is 1. The van der Waals surface area contributed by atoms with Crippen molar-refractivity contribution in [2.45, 2.75) is 5.32 Å². The second kappa shape index (κ2) is 4.51. The van der Waals surface area contributed by atoms with Crippen LogP contribution in [-0.2, 0) is 0 Å². The number of nitrogens with two attached hydrogens (primary N) is 1. The van der Waals surface area contributed by atoms with Crippen LogP contribution in [0.15, 0.2) is 0 Å². The van der Waals surface area contributed by atoms with Gasteiger partial charge in [-0.05, 0) is 0 Å². The molecular formula is C4H6N2OSe. The zero-order valence-electron chi connectivity index (χ0n) is 4.18. The van der Waals surface area contributed by atoms with Crippen molar-refractivity contribution >= 4 is 21.2 Å². The molecule has 0 saturated heterocycles. The summed E-state index contributed by atoms with van der Waals surface area (Å²) in [5, 5.41) is 0.593. The van der Waals surface area contributed by atoms with Gasteiger partial charge in [-0.15, -0.1) is 0 Å². The van der Waals surface area contributed by atoms with Crippen molar-refractivity contribution in [3.63, 3.8) is 0 Å². The van der Waals surface area contributed by atoms with Crippen LogP contribution < -0.4 is 10.1 Å². The number of primary amides is 1. The second-order valence-corrected chi connectivity index (χ2v) is 2.60. The normalized spacial score (nSPS) is 7.38. The monoisotopic (exact) mass is 178 g/mol. The van der Waals surface area contributed by atoms with Gasteiger partial charge in [0.1, 0.15) is 0 Å². The number of carbonyl (C=O) groups is 1. The second-order valence-electron chi connectivity index (χ2n) is 0.959. The molecule has 3 N–H and O–H groups in total. The summed E-state index contributed by atoms with van der Waals surface area (Å²) in [6.45, 7) is 0. The van der Waals surface area contributed by atoms with E-state index in [2.05, 4.69) is 10.3 Å². The Morgan fingerprint density at radius 1 is 2.00 bits per heavy atom. The maximum absolute atomic E-state index is 9.93. The van der Waals surface area contributed by atoms with Crippen molar-refractivity contribution in [1.29, 1.82) is 0 Å². The summed E-state index contributed by atoms with van der Waals surface area (Å²) in [5.74, 6) is 2.38. The molecule has 0 bridgehead atoms. The van der Waals surface area contributed by atoms with Crippen molar-refractivity contribution in [3.8, 4) is 12.3 Å². The zero-order valence-corrected chi connectivity index (χ0v) is 5.89. The molecule has 2 amide bonds. The van der Waals surface area contributed by atoms with Crippen LogP contribution in [0.3, 0.4) is 0 Å². The van der Waals surface area contributed by atoms with Gasteiger partial charge in [-0.2, -0.15) is 0 Å². The van der Waals surface area contributed by atoms with Crippen LogP contribution in [0.1, 0.15) is 0 Å². The fraction of sp³-hybridized carbons (Fsp3) is 0.250. The van der Waals surface area contributed by atoms with E-state index < -0.39 is 6.03 Å². The van der Waals surface area contributed by atoms with E-state index in [0.29, 0.717) is 5.32 Å². The molecule has 3 nitrogen and oxygen atoms in total. The molecule has 44 valence electrons. The van der Waals surface area contributed by atoms with Gasteiger partial charge in [0.15, 0.2) is 0 Å². The van der Waals surface area contributed by atoms with Crippen molar-refractivity contribution < 1.29 is 4.79 Å². The quantitative estimate of drug-likeness (QED) is 0.328. The molecule has 0 atom stereocenters. The van der Waals surface area contributed by atoms with Crippen LogP contribution >= 0.6 is 0 Å². The number of hydrogen-bond donors (Lipinski definition) is 2. The Bertz CT molecular complexity index is 118. The first-order chi connectivity index (χ1) is 3.77. The maximum atomic E-state index is 9.93. The third-order valence-corrected chi connectivity index (χ3v) is 1.71. The van der Waals surface area contributed by atoms with Gasteiger partial charge >= 0.3 is 53.7 Å². The Balaban J connectivity index is 2.97. The van der Waals surface area contributed by atoms with Gasteiger partial charge in [-0.3, -0.25) is 0 Å². The summed E-state index contributed by atoms with van der Waals surface area (Å²) in [6.07, 6.45) is 4.89. The van der Waals surface area contributed by atoms with E-state index in [1.165, 1.54) is 0 Å². The third-order valence-electron chi connectivity index (χ3n) is 0.328. The van der Waals surface area contributed by atoms with Gasteiger partial charge in [0.2, 0.25) is 0 Å². The summed E-state index contributed by atoms with van der Waals surface area (Å²) in [7, 11) is 0. The van der Waals surface area contributed by atoms with Crippen molar-refractivity contribution in [2.75, 3.05) is 0 Å². The molecule has 8 heavy (non-hydrogen) atoms. The van der Waals surface area contributed by atoms with Crippen LogP contribution in [0.4, 0.5) is 4.79 Å². The first-order valence-electron chi connectivity index (χ1n) is 1.88. The predicted octanol–water partition coefficient (Wildman–Crippen LogP) is -0.675. The summed E-state index contributed by atoms with van der Waals surface area (Å²) in [4.78, 5) is 9.93. The van der Waals surface area contributed by atoms with Gasteiger partial charge in [0, 0.05) is 0 Å². The average Bonchev–Trinajstić information content (AvgIpc) is 1.66. The van der Waals surface area contributed by atoms with Gasteiger partial charge in [-0.1, -0.05) is 0 Å². The van der Waals surface area contributed by atoms with Gasteiger partial charge in [-0.25, -0.2) is 0 Å². The summed E-state index contributed by atoms with van der Waals surface area (Å²) in [5.41, 5.74) is 4.73. The van der Waals surface area contributed by atoms with Crippen LogP contribution in [0.25, 0.3) is 0 Å². The molecule has 0 fully saturated rings. The molecule has 0 aromatic carbocycles. The topological polar surface area (TPSA) is 55.1 Å². The Kier molecular flexibility index (Phi) is 4.14. The van der Waals surface area contributed by atoms with Gasteiger partial charge in [0.05, 0.1) is 0 Å². The van der Waals surface area contributed by atoms with E-state index in [0.717, 1.165) is 0 Å². The molecule has 0 aliphatic rings. The zero-order chi connectivity index (χ0) is 6.41. The van der Waals surface area contributed by atoms with Gasteiger partial charge < -0.3 is 0 Å². The molecule has 0 heterocycles. The molecule has 4 heteroatoms. The van der Waals surface area contributed by atoms with E-state index in [9.17, 15) is 4.79 Å². The minimum atomic E-state index is -0.500. The summed E-state index contributed by atoms with van der Waals surface area (Å²) >= 11 is -0.0133. The molecule has 0 saturated carbocycles. The molecule has 0 spiro atoms. The van der Waals surface area contributed by atoms with E-state index in [1.807, 2.05) is 0 Å². The summed E-state index contributed by atoms with van der Waals surface area (Å²) < 4.78 is 2.41. The van der Waals surface area contributed by atoms with E-state index >= 15 is 0 Å². The van der Waals surface area contributed by atoms with E-state index in [1.54, 1.807) is 0 Å². The minimum absolute atomic E-state index is 0.0133. The number of hydrogen-bond acceptors (Lipinski definition) is 1. The Hall–Kier alpha value is -0.651. The third kappa shape index (κ3) is 5.35. The number of urea groups is 1. The van der Waals surface area contributed by atoms with Crippen molar-refractivity contribution in [1.82, 2.24) is 4.33 Å². The predicted molar refractivity (Wildman–Crippen MR) is 32.1 cm³/mol. The summed E-state index contributed by atoms with van der Waals surface area (Å²) in [6, 6.07) is -0.500. The standard InChI is InChI=1S/C4H6N2OSe/c1-2-3-8-6-4(5)7/h1H,3H2,(H3,5,6,7). The first kappa shape index (κ1) is 7.35. The van der Waals surface area contributed by atoms with Crippen LogP contribution in [0.5, 0.6) is 0 Å². The molecule has 0 unspecified atom stereocenters. The van der Waals surface area contributed by atoms with Crippen LogP contribution in [0, 0.1) is 12.3 Å². The van der Waals surface area contributed by atoms with Crippen molar-refractivity contribution in [2.24, 2.45) is 5.73 Å². The molecule has 0 aliphatic carbocycles. The molecule has 0 rings (SSSR count). The molecule has 0 aliphatic heterocycles. The number of rotatable bonds is 2. The van der Waals surface area contributed by atoms with Crippen LogP contribution in [-0.4, -0.2) is 21.2 Å².